The van der Waals surface area contributed by atoms with Crippen LogP contribution in [-0.2, 0) is 16.8 Å². The Morgan fingerprint density at radius 3 is 2.60 bits per heavy atom. The lowest BCUT2D eigenvalue weighted by atomic mass is 10.2. The summed E-state index contributed by atoms with van der Waals surface area (Å²) >= 11 is 0. The quantitative estimate of drug-likeness (QED) is 0.819. The Balaban J connectivity index is 2.07. The van der Waals surface area contributed by atoms with Crippen molar-refractivity contribution in [3.8, 4) is 5.75 Å². The van der Waals surface area contributed by atoms with E-state index in [1.54, 1.807) is 21.2 Å². The molecule has 1 fully saturated rings. The van der Waals surface area contributed by atoms with Gasteiger partial charge in [-0.1, -0.05) is 12.1 Å². The van der Waals surface area contributed by atoms with Crippen molar-refractivity contribution in [2.45, 2.75) is 12.6 Å². The highest BCUT2D eigenvalue weighted by Gasteiger charge is 2.33. The van der Waals surface area contributed by atoms with Crippen molar-refractivity contribution in [2.24, 2.45) is 0 Å². The summed E-state index contributed by atoms with van der Waals surface area (Å²) in [5.74, 6) is 0.727. The van der Waals surface area contributed by atoms with Gasteiger partial charge in [-0.15, -0.1) is 0 Å². The van der Waals surface area contributed by atoms with E-state index in [-0.39, 0.29) is 6.04 Å². The van der Waals surface area contributed by atoms with E-state index in [9.17, 15) is 8.42 Å². The Morgan fingerprint density at radius 1 is 1.35 bits per heavy atom. The van der Waals surface area contributed by atoms with Crippen molar-refractivity contribution >= 4 is 10.2 Å². The molecule has 1 aromatic rings. The molecule has 1 saturated heterocycles. The average Bonchev–Trinajstić information content (AvgIpc) is 2.36. The fourth-order valence-electron chi connectivity index (χ4n) is 2.05. The number of ether oxygens (including phenoxy) is 1. The van der Waals surface area contributed by atoms with Crippen LogP contribution >= 0.6 is 0 Å². The molecule has 1 heterocycles. The highest BCUT2D eigenvalue weighted by Crippen LogP contribution is 2.17. The number of methoxy groups -OCH3 is 1. The van der Waals surface area contributed by atoms with E-state index in [1.165, 1.54) is 8.61 Å². The van der Waals surface area contributed by atoms with Crippen molar-refractivity contribution in [1.29, 1.82) is 0 Å². The second-order valence-corrected chi connectivity index (χ2v) is 7.04. The van der Waals surface area contributed by atoms with Crippen LogP contribution in [0.5, 0.6) is 5.75 Å². The first-order valence-corrected chi connectivity index (χ1v) is 7.88. The molecule has 0 bridgehead atoms. The molecular formula is C13H21N3O3S. The van der Waals surface area contributed by atoms with E-state index in [4.69, 9.17) is 4.74 Å². The summed E-state index contributed by atoms with van der Waals surface area (Å²) in [6, 6.07) is 7.47. The third-order valence-corrected chi connectivity index (χ3v) is 5.51. The van der Waals surface area contributed by atoms with Gasteiger partial charge < -0.3 is 10.1 Å². The second-order valence-electron chi connectivity index (χ2n) is 4.94. The lowest BCUT2D eigenvalue weighted by molar-refractivity contribution is 0.257. The largest absolute Gasteiger partial charge is 0.497 e. The van der Waals surface area contributed by atoms with Crippen LogP contribution in [-0.4, -0.2) is 57.4 Å². The monoisotopic (exact) mass is 299 g/mol. The van der Waals surface area contributed by atoms with Crippen LogP contribution < -0.4 is 10.1 Å². The first-order chi connectivity index (χ1) is 9.45. The van der Waals surface area contributed by atoms with Gasteiger partial charge in [0.2, 0.25) is 0 Å². The van der Waals surface area contributed by atoms with Crippen molar-refractivity contribution in [1.82, 2.24) is 13.9 Å². The summed E-state index contributed by atoms with van der Waals surface area (Å²) in [5, 5.41) is 3.08. The van der Waals surface area contributed by atoms with Crippen LogP contribution in [0.25, 0.3) is 0 Å². The summed E-state index contributed by atoms with van der Waals surface area (Å²) in [6.07, 6.45) is 0. The van der Waals surface area contributed by atoms with E-state index in [0.717, 1.165) is 11.3 Å². The van der Waals surface area contributed by atoms with Gasteiger partial charge in [-0.05, 0) is 17.7 Å². The lowest BCUT2D eigenvalue weighted by Gasteiger charge is -2.36. The van der Waals surface area contributed by atoms with E-state index in [2.05, 4.69) is 5.32 Å². The van der Waals surface area contributed by atoms with Crippen LogP contribution in [0.4, 0.5) is 0 Å². The second kappa shape index (κ2) is 6.09. The van der Waals surface area contributed by atoms with E-state index >= 15 is 0 Å². The van der Waals surface area contributed by atoms with Gasteiger partial charge >= 0.3 is 0 Å². The highest BCUT2D eigenvalue weighted by molar-refractivity contribution is 7.86. The highest BCUT2D eigenvalue weighted by atomic mass is 32.2. The molecule has 0 atom stereocenters. The van der Waals surface area contributed by atoms with Crippen LogP contribution in [0.1, 0.15) is 5.56 Å². The van der Waals surface area contributed by atoms with Gasteiger partial charge in [0.05, 0.1) is 13.2 Å². The number of hydrogen-bond donors (Lipinski definition) is 1. The SMILES string of the molecule is COc1cccc(CN(C)S(=O)(=O)N(C)C2CNC2)c1. The molecule has 112 valence electrons. The van der Waals surface area contributed by atoms with Crippen molar-refractivity contribution in [2.75, 3.05) is 34.3 Å². The smallest absolute Gasteiger partial charge is 0.282 e. The summed E-state index contributed by atoms with van der Waals surface area (Å²) in [4.78, 5) is 0. The maximum absolute atomic E-state index is 12.4. The van der Waals surface area contributed by atoms with E-state index in [1.807, 2.05) is 24.3 Å². The van der Waals surface area contributed by atoms with E-state index < -0.39 is 10.2 Å². The first-order valence-electron chi connectivity index (χ1n) is 6.48. The van der Waals surface area contributed by atoms with E-state index in [0.29, 0.717) is 19.6 Å². The summed E-state index contributed by atoms with van der Waals surface area (Å²) in [6.45, 7) is 1.75. The van der Waals surface area contributed by atoms with Crippen LogP contribution in [0.3, 0.4) is 0 Å². The minimum absolute atomic E-state index is 0.0489. The summed E-state index contributed by atoms with van der Waals surface area (Å²) < 4.78 is 32.8. The van der Waals surface area contributed by atoms with Gasteiger partial charge in [-0.3, -0.25) is 0 Å². The molecule has 1 aliphatic heterocycles. The Hall–Kier alpha value is -1.15. The third-order valence-electron chi connectivity index (χ3n) is 3.57. The van der Waals surface area contributed by atoms with Crippen LogP contribution in [0.2, 0.25) is 0 Å². The molecule has 0 saturated carbocycles. The maximum atomic E-state index is 12.4. The predicted molar refractivity (Wildman–Crippen MR) is 77.8 cm³/mol. The molecule has 7 heteroatoms. The van der Waals surface area contributed by atoms with Gasteiger partial charge in [-0.2, -0.15) is 17.0 Å². The molecule has 0 aliphatic carbocycles. The molecule has 0 aromatic heterocycles. The zero-order valence-corrected chi connectivity index (χ0v) is 12.9. The van der Waals surface area contributed by atoms with Gasteiger partial charge in [0, 0.05) is 33.7 Å². The molecule has 2 rings (SSSR count). The molecule has 1 aliphatic rings. The zero-order valence-electron chi connectivity index (χ0n) is 12.0. The molecule has 1 N–H and O–H groups in total. The molecule has 0 spiro atoms. The standard InChI is InChI=1S/C13H21N3O3S/c1-15(10-11-5-4-6-13(7-11)19-3)20(17,18)16(2)12-8-14-9-12/h4-7,12,14H,8-10H2,1-3H3. The van der Waals surface area contributed by atoms with Crippen molar-refractivity contribution < 1.29 is 13.2 Å². The minimum Gasteiger partial charge on any atom is -0.497 e. The molecule has 6 nitrogen and oxygen atoms in total. The Labute approximate surface area is 120 Å². The number of nitrogens with one attached hydrogen (secondary N) is 1. The molecular weight excluding hydrogens is 278 g/mol. The number of hydrogen-bond acceptors (Lipinski definition) is 4. The topological polar surface area (TPSA) is 61.9 Å². The van der Waals surface area contributed by atoms with Crippen molar-refractivity contribution in [3.05, 3.63) is 29.8 Å². The number of benzene rings is 1. The summed E-state index contributed by atoms with van der Waals surface area (Å²) in [7, 11) is 1.39. The number of likely N-dealkylation sites (N-methyl/N-ethyl adjacent to an activating group) is 1. The predicted octanol–water partition coefficient (Wildman–Crippen LogP) is 0.275. The maximum Gasteiger partial charge on any atom is 0.282 e. The van der Waals surface area contributed by atoms with Gasteiger partial charge in [0.25, 0.3) is 10.2 Å². The molecule has 0 unspecified atom stereocenters. The Kier molecular flexibility index (Phi) is 4.64. The van der Waals surface area contributed by atoms with Crippen LogP contribution in [0, 0.1) is 0 Å². The molecule has 0 amide bonds. The average molecular weight is 299 g/mol. The van der Waals surface area contributed by atoms with Gasteiger partial charge in [0.1, 0.15) is 5.75 Å². The van der Waals surface area contributed by atoms with Gasteiger partial charge in [0.15, 0.2) is 0 Å². The fraction of sp³-hybridized carbons (Fsp3) is 0.538. The molecule has 20 heavy (non-hydrogen) atoms. The molecule has 1 aromatic carbocycles. The molecule has 0 radical (unpaired) electrons. The van der Waals surface area contributed by atoms with Crippen molar-refractivity contribution in [3.63, 3.8) is 0 Å². The number of nitrogens with zero attached hydrogens (tertiary/aromatic N) is 2. The number of rotatable bonds is 6. The third kappa shape index (κ3) is 3.12. The Morgan fingerprint density at radius 2 is 2.05 bits per heavy atom. The van der Waals surface area contributed by atoms with Gasteiger partial charge in [-0.25, -0.2) is 0 Å². The summed E-state index contributed by atoms with van der Waals surface area (Å²) in [5.41, 5.74) is 0.899. The normalized spacial score (nSPS) is 16.4. The van der Waals surface area contributed by atoms with Crippen LogP contribution in [0.15, 0.2) is 24.3 Å². The zero-order chi connectivity index (χ0) is 14.8. The fourth-order valence-corrected chi connectivity index (χ4v) is 3.33. The minimum atomic E-state index is -3.43. The first kappa shape index (κ1) is 15.2. The lowest BCUT2D eigenvalue weighted by Crippen LogP contribution is -2.59. The Bertz CT molecular complexity index is 558.